The summed E-state index contributed by atoms with van der Waals surface area (Å²) in [5.74, 6) is 0.719. The number of ether oxygens (including phenoxy) is 2. The first kappa shape index (κ1) is 20.2. The maximum absolute atomic E-state index is 6.54. The second-order valence-corrected chi connectivity index (χ2v) is 10.8. The fourth-order valence-electron chi connectivity index (χ4n) is 5.34. The summed E-state index contributed by atoms with van der Waals surface area (Å²) in [5, 5.41) is 0. The Morgan fingerprint density at radius 2 is 1.88 bits per heavy atom. The van der Waals surface area contributed by atoms with Crippen LogP contribution in [0.5, 0.6) is 0 Å². The van der Waals surface area contributed by atoms with Gasteiger partial charge >= 0.3 is 0 Å². The number of hydrogen-bond donors (Lipinski definition) is 0. The average Bonchev–Trinajstić information content (AvgIpc) is 3.10. The minimum absolute atomic E-state index is 0.0914. The summed E-state index contributed by atoms with van der Waals surface area (Å²) in [7, 11) is 0. The third-order valence-electron chi connectivity index (χ3n) is 6.35. The van der Waals surface area contributed by atoms with Crippen LogP contribution in [0.3, 0.4) is 0 Å². The van der Waals surface area contributed by atoms with Crippen molar-refractivity contribution in [2.45, 2.75) is 101 Å². The summed E-state index contributed by atoms with van der Waals surface area (Å²) >= 11 is 2.06. The maximum Gasteiger partial charge on any atom is 0.102 e. The molecule has 2 aliphatic carbocycles. The number of benzene rings is 1. The van der Waals surface area contributed by atoms with Crippen LogP contribution in [-0.2, 0) is 15.1 Å². The molecule has 2 bridgehead atoms. The fraction of sp³-hybridized carbons (Fsp3) is 0.739. The van der Waals surface area contributed by atoms with Crippen molar-refractivity contribution in [3.8, 4) is 0 Å². The van der Waals surface area contributed by atoms with E-state index in [2.05, 4.69) is 83.6 Å². The normalized spacial score (nSPS) is 32.3. The summed E-state index contributed by atoms with van der Waals surface area (Å²) in [6, 6.07) is 10.6. The van der Waals surface area contributed by atoms with E-state index in [4.69, 9.17) is 9.47 Å². The first-order valence-corrected chi connectivity index (χ1v) is 11.2. The van der Waals surface area contributed by atoms with Gasteiger partial charge in [0.05, 0.1) is 17.3 Å². The molecule has 2 saturated carbocycles. The van der Waals surface area contributed by atoms with Crippen LogP contribution < -0.4 is 0 Å². The molecule has 0 amide bonds. The molecule has 1 aromatic rings. The summed E-state index contributed by atoms with van der Waals surface area (Å²) in [4.78, 5) is 0. The van der Waals surface area contributed by atoms with Gasteiger partial charge in [-0.1, -0.05) is 37.3 Å². The molecule has 2 nitrogen and oxygen atoms in total. The zero-order valence-corrected chi connectivity index (χ0v) is 18.2. The standard InChI is InChI=1S/C23H36O2S/c1-7-23(24-17(2)3)16-22(14-13-20(23)15-22)26-18(4)25-21(5,6)19-11-9-8-10-12-19/h8-12,17-18,20H,7,13-16H2,1-6H3. The molecule has 0 aromatic heterocycles. The zero-order chi connectivity index (χ0) is 19.0. The number of rotatable bonds is 8. The van der Waals surface area contributed by atoms with Crippen molar-refractivity contribution in [1.82, 2.24) is 0 Å². The van der Waals surface area contributed by atoms with Crippen LogP contribution in [-0.4, -0.2) is 21.9 Å². The fourth-order valence-corrected chi connectivity index (χ4v) is 7.19. The molecule has 0 heterocycles. The van der Waals surface area contributed by atoms with Gasteiger partial charge in [0.1, 0.15) is 5.44 Å². The molecule has 146 valence electrons. The molecule has 0 spiro atoms. The molecule has 3 rings (SSSR count). The third kappa shape index (κ3) is 4.00. The van der Waals surface area contributed by atoms with Crippen LogP contribution in [0.25, 0.3) is 0 Å². The monoisotopic (exact) mass is 376 g/mol. The lowest BCUT2D eigenvalue weighted by atomic mass is 9.81. The van der Waals surface area contributed by atoms with Crippen LogP contribution in [0.15, 0.2) is 30.3 Å². The molecule has 0 radical (unpaired) electrons. The highest BCUT2D eigenvalue weighted by atomic mass is 32.2. The van der Waals surface area contributed by atoms with E-state index in [1.807, 2.05) is 0 Å². The smallest absolute Gasteiger partial charge is 0.102 e. The first-order chi connectivity index (χ1) is 12.2. The Bertz CT molecular complexity index is 599. The SMILES string of the molecule is CCC1(OC(C)C)CC2(SC(C)OC(C)(C)c3ccccc3)CCC1C2. The van der Waals surface area contributed by atoms with Crippen molar-refractivity contribution in [2.75, 3.05) is 0 Å². The van der Waals surface area contributed by atoms with Gasteiger partial charge in [0, 0.05) is 4.75 Å². The second kappa shape index (κ2) is 7.48. The predicted octanol–water partition coefficient (Wildman–Crippen LogP) is 6.53. The van der Waals surface area contributed by atoms with Crippen LogP contribution in [0.4, 0.5) is 0 Å². The van der Waals surface area contributed by atoms with E-state index in [0.29, 0.717) is 10.9 Å². The number of fused-ring (bicyclic) bond motifs is 2. The molecular weight excluding hydrogens is 340 g/mol. The summed E-state index contributed by atoms with van der Waals surface area (Å²) in [6.45, 7) is 13.3. The Morgan fingerprint density at radius 1 is 1.19 bits per heavy atom. The number of hydrogen-bond acceptors (Lipinski definition) is 3. The van der Waals surface area contributed by atoms with E-state index < -0.39 is 0 Å². The van der Waals surface area contributed by atoms with Crippen molar-refractivity contribution in [2.24, 2.45) is 5.92 Å². The molecule has 2 fully saturated rings. The zero-order valence-electron chi connectivity index (χ0n) is 17.4. The van der Waals surface area contributed by atoms with Gasteiger partial charge in [0.25, 0.3) is 0 Å². The Hall–Kier alpha value is -0.510. The molecule has 4 atom stereocenters. The van der Waals surface area contributed by atoms with Crippen LogP contribution in [0, 0.1) is 5.92 Å². The van der Waals surface area contributed by atoms with E-state index in [0.717, 1.165) is 12.3 Å². The van der Waals surface area contributed by atoms with Crippen molar-refractivity contribution >= 4 is 11.8 Å². The summed E-state index contributed by atoms with van der Waals surface area (Å²) in [5.41, 5.74) is 1.24. The average molecular weight is 377 g/mol. The van der Waals surface area contributed by atoms with E-state index in [-0.39, 0.29) is 16.6 Å². The molecule has 0 saturated heterocycles. The molecule has 3 heteroatoms. The Morgan fingerprint density at radius 3 is 2.50 bits per heavy atom. The molecule has 26 heavy (non-hydrogen) atoms. The summed E-state index contributed by atoms with van der Waals surface area (Å²) in [6.07, 6.45) is 6.53. The third-order valence-corrected chi connectivity index (χ3v) is 7.79. The Kier molecular flexibility index (Phi) is 5.82. The van der Waals surface area contributed by atoms with Gasteiger partial charge in [-0.25, -0.2) is 0 Å². The van der Waals surface area contributed by atoms with Crippen molar-refractivity contribution in [3.05, 3.63) is 35.9 Å². The Labute approximate surface area is 164 Å². The van der Waals surface area contributed by atoms with E-state index in [1.54, 1.807) is 0 Å². The van der Waals surface area contributed by atoms with Gasteiger partial charge in [0.2, 0.25) is 0 Å². The van der Waals surface area contributed by atoms with Crippen molar-refractivity contribution in [1.29, 1.82) is 0 Å². The number of thioether (sulfide) groups is 1. The van der Waals surface area contributed by atoms with Gasteiger partial charge in [-0.05, 0) is 78.2 Å². The highest BCUT2D eigenvalue weighted by Crippen LogP contribution is 2.63. The Balaban J connectivity index is 1.67. The van der Waals surface area contributed by atoms with Gasteiger partial charge in [-0.3, -0.25) is 0 Å². The highest BCUT2D eigenvalue weighted by Gasteiger charge is 2.59. The van der Waals surface area contributed by atoms with Gasteiger partial charge < -0.3 is 9.47 Å². The molecule has 4 unspecified atom stereocenters. The van der Waals surface area contributed by atoms with Crippen LogP contribution in [0.2, 0.25) is 0 Å². The maximum atomic E-state index is 6.54. The van der Waals surface area contributed by atoms with E-state index in [1.165, 1.54) is 31.2 Å². The van der Waals surface area contributed by atoms with E-state index in [9.17, 15) is 0 Å². The van der Waals surface area contributed by atoms with E-state index >= 15 is 0 Å². The van der Waals surface area contributed by atoms with Crippen LogP contribution >= 0.6 is 11.8 Å². The molecule has 1 aromatic carbocycles. The summed E-state index contributed by atoms with van der Waals surface area (Å²) < 4.78 is 13.4. The van der Waals surface area contributed by atoms with Gasteiger partial charge in [-0.2, -0.15) is 0 Å². The molecule has 2 aliphatic rings. The highest BCUT2D eigenvalue weighted by molar-refractivity contribution is 8.01. The topological polar surface area (TPSA) is 18.5 Å². The molecular formula is C23H36O2S. The van der Waals surface area contributed by atoms with Gasteiger partial charge in [-0.15, -0.1) is 11.8 Å². The lowest BCUT2D eigenvalue weighted by molar-refractivity contribution is -0.114. The van der Waals surface area contributed by atoms with Crippen LogP contribution in [0.1, 0.15) is 79.2 Å². The van der Waals surface area contributed by atoms with Gasteiger partial charge in [0.15, 0.2) is 0 Å². The minimum atomic E-state index is -0.267. The minimum Gasteiger partial charge on any atom is -0.372 e. The predicted molar refractivity (Wildman–Crippen MR) is 112 cm³/mol. The largest absolute Gasteiger partial charge is 0.372 e. The first-order valence-electron chi connectivity index (χ1n) is 10.3. The quantitative estimate of drug-likeness (QED) is 0.480. The second-order valence-electron chi connectivity index (χ2n) is 9.06. The lowest BCUT2D eigenvalue weighted by Gasteiger charge is -2.42. The molecule has 0 N–H and O–H groups in total. The van der Waals surface area contributed by atoms with Crippen molar-refractivity contribution in [3.63, 3.8) is 0 Å². The lowest BCUT2D eigenvalue weighted by Crippen LogP contribution is -2.42. The molecule has 0 aliphatic heterocycles. The van der Waals surface area contributed by atoms with Crippen molar-refractivity contribution < 1.29 is 9.47 Å².